The van der Waals surface area contributed by atoms with Crippen molar-refractivity contribution in [1.29, 1.82) is 0 Å². The summed E-state index contributed by atoms with van der Waals surface area (Å²) >= 11 is 0. The lowest BCUT2D eigenvalue weighted by Crippen LogP contribution is -1.71. The number of rotatable bonds is 1. The first-order chi connectivity index (χ1) is 6.06. The lowest BCUT2D eigenvalue weighted by Gasteiger charge is -1.90. The molecule has 72 valence electrons. The van der Waals surface area contributed by atoms with Gasteiger partial charge in [0, 0.05) is 0 Å². The summed E-state index contributed by atoms with van der Waals surface area (Å²) in [7, 11) is 0. The van der Waals surface area contributed by atoms with Crippen molar-refractivity contribution in [3.05, 3.63) is 48.0 Å². The molecule has 0 nitrogen and oxygen atoms in total. The average Bonchev–Trinajstić information content (AvgIpc) is 2.11. The van der Waals surface area contributed by atoms with Crippen LogP contribution in [-0.2, 0) is 0 Å². The van der Waals surface area contributed by atoms with Gasteiger partial charge in [-0.3, -0.25) is 0 Å². The van der Waals surface area contributed by atoms with E-state index in [0.29, 0.717) is 5.92 Å². The molecule has 0 fully saturated rings. The molecular weight excluding hydrogens is 156 g/mol. The molecule has 0 aliphatic carbocycles. The Morgan fingerprint density at radius 1 is 1.00 bits per heavy atom. The molecule has 1 aromatic rings. The second-order valence-electron chi connectivity index (χ2n) is 3.63. The zero-order valence-electron chi connectivity index (χ0n) is 9.17. The predicted molar refractivity (Wildman–Crippen MR) is 61.0 cm³/mol. The van der Waals surface area contributed by atoms with Gasteiger partial charge in [-0.25, -0.2) is 0 Å². The fourth-order valence-electron chi connectivity index (χ4n) is 0.637. The van der Waals surface area contributed by atoms with Crippen LogP contribution in [0.4, 0.5) is 0 Å². The minimum Gasteiger partial charge on any atom is -0.103 e. The van der Waals surface area contributed by atoms with Crippen LogP contribution in [0.3, 0.4) is 0 Å². The van der Waals surface area contributed by atoms with Crippen molar-refractivity contribution in [2.75, 3.05) is 0 Å². The third-order valence-corrected chi connectivity index (χ3v) is 1.69. The van der Waals surface area contributed by atoms with Gasteiger partial charge in [0.1, 0.15) is 0 Å². The van der Waals surface area contributed by atoms with Crippen LogP contribution < -0.4 is 0 Å². The molecule has 0 spiro atoms. The molecule has 0 bridgehead atoms. The van der Waals surface area contributed by atoms with E-state index in [0.717, 1.165) is 0 Å². The van der Waals surface area contributed by atoms with E-state index in [1.807, 2.05) is 6.08 Å². The van der Waals surface area contributed by atoms with Gasteiger partial charge in [-0.1, -0.05) is 55.3 Å². The van der Waals surface area contributed by atoms with Crippen LogP contribution in [0.25, 0.3) is 0 Å². The van der Waals surface area contributed by atoms with Crippen LogP contribution in [0.15, 0.2) is 36.9 Å². The van der Waals surface area contributed by atoms with Crippen LogP contribution in [0, 0.1) is 19.8 Å². The summed E-state index contributed by atoms with van der Waals surface area (Å²) in [4.78, 5) is 0. The summed E-state index contributed by atoms with van der Waals surface area (Å²) in [6, 6.07) is 8.48. The SMILES string of the molecule is C=CC(C)C.Cc1ccc(C)cc1. The Balaban J connectivity index is 0.000000252. The molecule has 0 atom stereocenters. The van der Waals surface area contributed by atoms with E-state index < -0.39 is 0 Å². The Labute approximate surface area is 82.3 Å². The summed E-state index contributed by atoms with van der Waals surface area (Å²) in [5.74, 6) is 0.648. The zero-order valence-corrected chi connectivity index (χ0v) is 9.17. The summed E-state index contributed by atoms with van der Waals surface area (Å²) in [5.41, 5.74) is 2.66. The normalized spacial score (nSPS) is 9.00. The Bertz CT molecular complexity index is 208. The van der Waals surface area contributed by atoms with E-state index in [1.54, 1.807) is 0 Å². The molecule has 0 saturated heterocycles. The summed E-state index contributed by atoms with van der Waals surface area (Å²) < 4.78 is 0. The highest BCUT2D eigenvalue weighted by atomic mass is 13.9. The first-order valence-electron chi connectivity index (χ1n) is 4.72. The van der Waals surface area contributed by atoms with Crippen LogP contribution in [0.1, 0.15) is 25.0 Å². The van der Waals surface area contributed by atoms with Crippen molar-refractivity contribution >= 4 is 0 Å². The Morgan fingerprint density at radius 3 is 1.38 bits per heavy atom. The third kappa shape index (κ3) is 7.32. The second-order valence-corrected chi connectivity index (χ2v) is 3.63. The van der Waals surface area contributed by atoms with E-state index >= 15 is 0 Å². The minimum absolute atomic E-state index is 0.648. The Hall–Kier alpha value is -1.04. The van der Waals surface area contributed by atoms with Gasteiger partial charge >= 0.3 is 0 Å². The number of aryl methyl sites for hydroxylation is 2. The summed E-state index contributed by atoms with van der Waals surface area (Å²) in [5, 5.41) is 0. The standard InChI is InChI=1S/C8H10.C5H10/c1-7-3-5-8(2)6-4-7;1-4-5(2)3/h3-6H,1-2H3;4-5H,1H2,2-3H3. The molecule has 0 aromatic heterocycles. The predicted octanol–water partition coefficient (Wildman–Crippen LogP) is 4.13. The maximum atomic E-state index is 3.56. The molecule has 0 radical (unpaired) electrons. The lowest BCUT2D eigenvalue weighted by molar-refractivity contribution is 0.835. The van der Waals surface area contributed by atoms with Gasteiger partial charge in [-0.15, -0.1) is 6.58 Å². The van der Waals surface area contributed by atoms with E-state index in [4.69, 9.17) is 0 Å². The molecule has 13 heavy (non-hydrogen) atoms. The first kappa shape index (κ1) is 12.0. The van der Waals surface area contributed by atoms with Gasteiger partial charge in [0.05, 0.1) is 0 Å². The molecule has 0 aliphatic rings. The molecule has 0 unspecified atom stereocenters. The number of hydrogen-bond acceptors (Lipinski definition) is 0. The number of benzene rings is 1. The zero-order chi connectivity index (χ0) is 10.3. The van der Waals surface area contributed by atoms with E-state index in [1.165, 1.54) is 11.1 Å². The molecule has 0 N–H and O–H groups in total. The van der Waals surface area contributed by atoms with E-state index in [2.05, 4.69) is 58.5 Å². The highest BCUT2D eigenvalue weighted by Crippen LogP contribution is 1.99. The molecule has 0 saturated carbocycles. The highest BCUT2D eigenvalue weighted by Gasteiger charge is 1.79. The highest BCUT2D eigenvalue weighted by molar-refractivity contribution is 5.19. The molecule has 0 heteroatoms. The first-order valence-corrected chi connectivity index (χ1v) is 4.72. The topological polar surface area (TPSA) is 0 Å². The third-order valence-electron chi connectivity index (χ3n) is 1.69. The van der Waals surface area contributed by atoms with Crippen LogP contribution in [-0.4, -0.2) is 0 Å². The smallest absolute Gasteiger partial charge is 0.0293 e. The quantitative estimate of drug-likeness (QED) is 0.564. The average molecular weight is 176 g/mol. The summed E-state index contributed by atoms with van der Waals surface area (Å²) in [6.07, 6.45) is 1.92. The molecule has 0 aliphatic heterocycles. The second kappa shape index (κ2) is 6.47. The van der Waals surface area contributed by atoms with E-state index in [9.17, 15) is 0 Å². The van der Waals surface area contributed by atoms with Gasteiger partial charge in [-0.05, 0) is 19.8 Å². The minimum atomic E-state index is 0.648. The fourth-order valence-corrected chi connectivity index (χ4v) is 0.637. The lowest BCUT2D eigenvalue weighted by atomic mass is 10.2. The van der Waals surface area contributed by atoms with Crippen molar-refractivity contribution in [3.63, 3.8) is 0 Å². The molecule has 0 heterocycles. The van der Waals surface area contributed by atoms with Crippen molar-refractivity contribution in [2.24, 2.45) is 5.92 Å². The molecule has 1 aromatic carbocycles. The van der Waals surface area contributed by atoms with Gasteiger partial charge in [0.15, 0.2) is 0 Å². The van der Waals surface area contributed by atoms with E-state index in [-0.39, 0.29) is 0 Å². The van der Waals surface area contributed by atoms with Crippen molar-refractivity contribution < 1.29 is 0 Å². The summed E-state index contributed by atoms with van der Waals surface area (Å²) in [6.45, 7) is 12.0. The maximum absolute atomic E-state index is 3.56. The number of allylic oxidation sites excluding steroid dienone is 1. The fraction of sp³-hybridized carbons (Fsp3) is 0.385. The van der Waals surface area contributed by atoms with Crippen molar-refractivity contribution in [1.82, 2.24) is 0 Å². The monoisotopic (exact) mass is 176 g/mol. The molecular formula is C13H20. The van der Waals surface area contributed by atoms with Crippen LogP contribution in [0.2, 0.25) is 0 Å². The Morgan fingerprint density at radius 2 is 1.23 bits per heavy atom. The maximum Gasteiger partial charge on any atom is -0.0293 e. The number of hydrogen-bond donors (Lipinski definition) is 0. The molecule has 0 amide bonds. The van der Waals surface area contributed by atoms with Gasteiger partial charge in [-0.2, -0.15) is 0 Å². The molecule has 1 rings (SSSR count). The van der Waals surface area contributed by atoms with Crippen molar-refractivity contribution in [3.8, 4) is 0 Å². The van der Waals surface area contributed by atoms with Gasteiger partial charge in [0.25, 0.3) is 0 Å². The van der Waals surface area contributed by atoms with Crippen molar-refractivity contribution in [2.45, 2.75) is 27.7 Å². The van der Waals surface area contributed by atoms with Gasteiger partial charge in [0.2, 0.25) is 0 Å². The van der Waals surface area contributed by atoms with Crippen LogP contribution in [0.5, 0.6) is 0 Å². The Kier molecular flexibility index (Phi) is 5.96. The largest absolute Gasteiger partial charge is 0.103 e. The van der Waals surface area contributed by atoms with Gasteiger partial charge < -0.3 is 0 Å². The van der Waals surface area contributed by atoms with Crippen LogP contribution >= 0.6 is 0 Å².